The van der Waals surface area contributed by atoms with Gasteiger partial charge >= 0.3 is 5.97 Å². The lowest BCUT2D eigenvalue weighted by molar-refractivity contribution is -0.215. The van der Waals surface area contributed by atoms with Gasteiger partial charge in [0, 0.05) is 12.8 Å². The summed E-state index contributed by atoms with van der Waals surface area (Å²) in [5.74, 6) is 0.245. The number of carboxylic acids is 1. The Hall–Kier alpha value is -0.980. The van der Waals surface area contributed by atoms with E-state index in [9.17, 15) is 30.0 Å². The Morgan fingerprint density at radius 1 is 1.03 bits per heavy atom. The second kappa shape index (κ2) is 9.72. The number of rotatable bonds is 8. The lowest BCUT2D eigenvalue weighted by atomic mass is 9.42. The zero-order chi connectivity index (χ0) is 25.8. The minimum atomic E-state index is -1.27. The topological polar surface area (TPSA) is 115 Å². The normalized spacial score (nSPS) is 47.9. The predicted octanol–water partition coefficient (Wildman–Crippen LogP) is 4.58. The molecule has 0 saturated heterocycles. The number of hydrogen-bond donors (Lipinski definition) is 4. The maximum Gasteiger partial charge on any atom is 0.303 e. The Morgan fingerprint density at radius 2 is 1.74 bits per heavy atom. The van der Waals surface area contributed by atoms with Gasteiger partial charge in [-0.05, 0) is 104 Å². The molecule has 0 bridgehead atoms. The number of aliphatic carboxylic acids is 1. The van der Waals surface area contributed by atoms with Crippen LogP contribution in [0.15, 0.2) is 0 Å². The number of aliphatic hydroxyl groups is 3. The number of carbonyl (C=O) groups excluding carboxylic acids is 1. The Bertz CT molecular complexity index is 813. The summed E-state index contributed by atoms with van der Waals surface area (Å²) in [5, 5.41) is 43.7. The number of hydrogen-bond acceptors (Lipinski definition) is 5. The minimum absolute atomic E-state index is 0.0387. The molecule has 0 radical (unpaired) electrons. The molecule has 4 saturated carbocycles. The van der Waals surface area contributed by atoms with Crippen LogP contribution in [0.25, 0.3) is 0 Å². The molecule has 0 aromatic rings. The van der Waals surface area contributed by atoms with Crippen LogP contribution in [-0.2, 0) is 9.59 Å². The van der Waals surface area contributed by atoms with Crippen LogP contribution in [0.4, 0.5) is 0 Å². The van der Waals surface area contributed by atoms with Crippen molar-refractivity contribution in [2.45, 2.75) is 123 Å². The SMILES string of the molecule is CCCCC(=O)C1(O)CCC2(C)C(CC(O)C3C2CC(O)C2(C)C(C(C)CCC(=O)O)CCC32)C1. The van der Waals surface area contributed by atoms with Crippen LogP contribution in [0, 0.1) is 46.3 Å². The molecule has 11 unspecified atom stereocenters. The van der Waals surface area contributed by atoms with Gasteiger partial charge < -0.3 is 20.4 Å². The fourth-order valence-electron chi connectivity index (χ4n) is 9.52. The molecule has 0 spiro atoms. The highest BCUT2D eigenvalue weighted by atomic mass is 16.4. The van der Waals surface area contributed by atoms with E-state index in [4.69, 9.17) is 0 Å². The molecule has 4 rings (SSSR count). The van der Waals surface area contributed by atoms with Gasteiger partial charge in [-0.15, -0.1) is 0 Å². The van der Waals surface area contributed by atoms with Gasteiger partial charge in [-0.3, -0.25) is 9.59 Å². The molecule has 4 aliphatic carbocycles. The van der Waals surface area contributed by atoms with Crippen molar-refractivity contribution in [1.29, 1.82) is 0 Å². The molecule has 0 amide bonds. The van der Waals surface area contributed by atoms with Gasteiger partial charge in [-0.25, -0.2) is 0 Å². The Labute approximate surface area is 210 Å². The molecule has 0 aromatic carbocycles. The summed E-state index contributed by atoms with van der Waals surface area (Å²) >= 11 is 0. The second-order valence-electron chi connectivity index (χ2n) is 13.3. The van der Waals surface area contributed by atoms with E-state index in [1.165, 1.54) is 0 Å². The van der Waals surface area contributed by atoms with E-state index in [0.717, 1.165) is 32.1 Å². The molecule has 200 valence electrons. The Kier molecular flexibility index (Phi) is 7.52. The van der Waals surface area contributed by atoms with E-state index in [1.807, 2.05) is 0 Å². The van der Waals surface area contributed by atoms with E-state index in [1.54, 1.807) is 0 Å². The summed E-state index contributed by atoms with van der Waals surface area (Å²) in [6, 6.07) is 0. The number of carboxylic acid groups (broad SMARTS) is 1. The fraction of sp³-hybridized carbons (Fsp3) is 0.931. The van der Waals surface area contributed by atoms with E-state index in [0.29, 0.717) is 38.5 Å². The predicted molar refractivity (Wildman–Crippen MR) is 134 cm³/mol. The van der Waals surface area contributed by atoms with Crippen LogP contribution in [0.5, 0.6) is 0 Å². The maximum atomic E-state index is 12.9. The van der Waals surface area contributed by atoms with Crippen molar-refractivity contribution in [3.8, 4) is 0 Å². The van der Waals surface area contributed by atoms with Gasteiger partial charge in [-0.1, -0.05) is 34.1 Å². The van der Waals surface area contributed by atoms with Crippen LogP contribution >= 0.6 is 0 Å². The van der Waals surface area contributed by atoms with Gasteiger partial charge in [0.15, 0.2) is 5.78 Å². The standard InChI is InChI=1S/C29H48O6/c1-5-6-7-23(31)29(35)13-12-27(3)18(16-29)14-22(30)26-20-10-9-19(17(2)8-11-25(33)34)28(20,4)24(32)15-21(26)27/h17-22,24,26,30,32,35H,5-16H2,1-4H3,(H,33,34). The first kappa shape index (κ1) is 27.1. The van der Waals surface area contributed by atoms with Crippen molar-refractivity contribution in [3.05, 3.63) is 0 Å². The van der Waals surface area contributed by atoms with E-state index >= 15 is 0 Å². The van der Waals surface area contributed by atoms with Crippen molar-refractivity contribution in [2.75, 3.05) is 0 Å². The highest BCUT2D eigenvalue weighted by Crippen LogP contribution is 2.69. The third kappa shape index (κ3) is 4.40. The summed E-state index contributed by atoms with van der Waals surface area (Å²) in [4.78, 5) is 24.0. The molecule has 6 heteroatoms. The quantitative estimate of drug-likeness (QED) is 0.394. The van der Waals surface area contributed by atoms with Crippen LogP contribution in [-0.4, -0.2) is 50.0 Å². The third-order valence-electron chi connectivity index (χ3n) is 11.7. The Morgan fingerprint density at radius 3 is 2.40 bits per heavy atom. The van der Waals surface area contributed by atoms with Gasteiger partial charge in [-0.2, -0.15) is 0 Å². The van der Waals surface area contributed by atoms with Crippen LogP contribution in [0.2, 0.25) is 0 Å². The number of Topliss-reactive ketones (excluding diaryl/α,β-unsaturated/α-hetero) is 1. The van der Waals surface area contributed by atoms with Crippen molar-refractivity contribution in [3.63, 3.8) is 0 Å². The Balaban J connectivity index is 1.56. The average molecular weight is 493 g/mol. The zero-order valence-corrected chi connectivity index (χ0v) is 22.2. The molecule has 6 nitrogen and oxygen atoms in total. The highest BCUT2D eigenvalue weighted by molar-refractivity contribution is 5.87. The molecular formula is C29H48O6. The maximum absolute atomic E-state index is 12.9. The van der Waals surface area contributed by atoms with Gasteiger partial charge in [0.2, 0.25) is 0 Å². The first-order valence-corrected chi connectivity index (χ1v) is 14.2. The summed E-state index contributed by atoms with van der Waals surface area (Å²) in [5.41, 5.74) is -1.68. The number of fused-ring (bicyclic) bond motifs is 5. The molecule has 35 heavy (non-hydrogen) atoms. The van der Waals surface area contributed by atoms with E-state index in [-0.39, 0.29) is 58.5 Å². The fourth-order valence-corrected chi connectivity index (χ4v) is 9.52. The van der Waals surface area contributed by atoms with Crippen molar-refractivity contribution < 1.29 is 30.0 Å². The van der Waals surface area contributed by atoms with Gasteiger partial charge in [0.1, 0.15) is 5.60 Å². The lowest BCUT2D eigenvalue weighted by Gasteiger charge is -2.64. The first-order valence-electron chi connectivity index (χ1n) is 14.2. The van der Waals surface area contributed by atoms with E-state index < -0.39 is 23.8 Å². The second-order valence-corrected chi connectivity index (χ2v) is 13.3. The number of unbranched alkanes of at least 4 members (excludes halogenated alkanes) is 1. The third-order valence-corrected chi connectivity index (χ3v) is 11.7. The van der Waals surface area contributed by atoms with Crippen molar-refractivity contribution in [1.82, 2.24) is 0 Å². The van der Waals surface area contributed by atoms with Crippen LogP contribution < -0.4 is 0 Å². The van der Waals surface area contributed by atoms with Crippen LogP contribution in [0.1, 0.15) is 105 Å². The molecule has 11 atom stereocenters. The lowest BCUT2D eigenvalue weighted by Crippen LogP contribution is -2.63. The number of ketones is 1. The number of carbonyl (C=O) groups is 2. The summed E-state index contributed by atoms with van der Waals surface area (Å²) in [7, 11) is 0. The molecular weight excluding hydrogens is 444 g/mol. The molecule has 0 aromatic heterocycles. The van der Waals surface area contributed by atoms with Gasteiger partial charge in [0.25, 0.3) is 0 Å². The molecule has 4 fully saturated rings. The molecule has 4 N–H and O–H groups in total. The number of aliphatic hydroxyl groups excluding tert-OH is 2. The zero-order valence-electron chi connectivity index (χ0n) is 22.2. The molecule has 0 aliphatic heterocycles. The van der Waals surface area contributed by atoms with Crippen molar-refractivity contribution >= 4 is 11.8 Å². The smallest absolute Gasteiger partial charge is 0.303 e. The molecule has 4 aliphatic rings. The largest absolute Gasteiger partial charge is 0.481 e. The molecule has 0 heterocycles. The monoisotopic (exact) mass is 492 g/mol. The summed E-state index contributed by atoms with van der Waals surface area (Å²) in [6.07, 6.45) is 6.82. The summed E-state index contributed by atoms with van der Waals surface area (Å²) in [6.45, 7) is 8.66. The van der Waals surface area contributed by atoms with Crippen LogP contribution in [0.3, 0.4) is 0 Å². The first-order chi connectivity index (χ1) is 16.4. The summed E-state index contributed by atoms with van der Waals surface area (Å²) < 4.78 is 0. The average Bonchev–Trinajstić information content (AvgIpc) is 3.16. The highest BCUT2D eigenvalue weighted by Gasteiger charge is 2.66. The minimum Gasteiger partial charge on any atom is -0.481 e. The van der Waals surface area contributed by atoms with Crippen molar-refractivity contribution in [2.24, 2.45) is 46.3 Å². The van der Waals surface area contributed by atoms with Gasteiger partial charge in [0.05, 0.1) is 12.2 Å². The van der Waals surface area contributed by atoms with E-state index in [2.05, 4.69) is 27.7 Å².